The van der Waals surface area contributed by atoms with Crippen LogP contribution in [0.15, 0.2) is 23.2 Å². The van der Waals surface area contributed by atoms with E-state index in [-0.39, 0.29) is 61.9 Å². The molecule has 0 atom stereocenters. The monoisotopic (exact) mass is 593 g/mol. The fraction of sp³-hybridized carbons (Fsp3) is 0.643. The Kier molecular flexibility index (Phi) is 8.47. The van der Waals surface area contributed by atoms with Crippen molar-refractivity contribution in [1.82, 2.24) is 14.9 Å². The van der Waals surface area contributed by atoms with Crippen molar-refractivity contribution in [3.63, 3.8) is 0 Å². The number of hydrogen-bond acceptors (Lipinski definition) is 6. The summed E-state index contributed by atoms with van der Waals surface area (Å²) in [6.07, 6.45) is 2.41. The molecule has 0 radical (unpaired) electrons. The van der Waals surface area contributed by atoms with Crippen LogP contribution < -0.4 is 15.5 Å². The van der Waals surface area contributed by atoms with E-state index in [2.05, 4.69) is 10.6 Å². The summed E-state index contributed by atoms with van der Waals surface area (Å²) in [5.74, 6) is 0.456. The molecule has 1 aliphatic carbocycles. The van der Waals surface area contributed by atoms with Crippen LogP contribution in [0.2, 0.25) is 0 Å². The van der Waals surface area contributed by atoms with E-state index < -0.39 is 28.0 Å². The standard InChI is InChI=1S/C28H37F2N5O5S/c1-18-16-22(35-24(36)17-31-27(35)38)8-7-20(18)10-15-41(39,40)34-13-11-28(12-14-34)26(37)32-25(33-28)21-5-2-19(3-6-21)4-9-23(29)30/h7-8,16,19,21,23H,2-6,9-15,17H2,1H3,(H,31,38)(H,32,33,37). The maximum atomic E-state index is 13.2. The molecule has 1 aromatic carbocycles. The average molecular weight is 594 g/mol. The predicted molar refractivity (Wildman–Crippen MR) is 149 cm³/mol. The summed E-state index contributed by atoms with van der Waals surface area (Å²) in [5.41, 5.74) is 1.10. The Labute approximate surface area is 239 Å². The number of alkyl halides is 2. The lowest BCUT2D eigenvalue weighted by Gasteiger charge is -2.34. The summed E-state index contributed by atoms with van der Waals surface area (Å²) in [5, 5.41) is 5.44. The second-order valence-electron chi connectivity index (χ2n) is 11.6. The molecule has 13 heteroatoms. The number of carbonyl (C=O) groups is 3. The van der Waals surface area contributed by atoms with Crippen molar-refractivity contribution in [3.05, 3.63) is 29.3 Å². The first-order valence-corrected chi connectivity index (χ1v) is 16.0. The fourth-order valence-electron chi connectivity index (χ4n) is 6.45. The molecule has 1 saturated carbocycles. The summed E-state index contributed by atoms with van der Waals surface area (Å²) >= 11 is 0. The highest BCUT2D eigenvalue weighted by Gasteiger charge is 2.48. The number of rotatable bonds is 9. The minimum atomic E-state index is -3.59. The van der Waals surface area contributed by atoms with E-state index >= 15 is 0 Å². The second kappa shape index (κ2) is 11.7. The third-order valence-electron chi connectivity index (χ3n) is 9.03. The van der Waals surface area contributed by atoms with Gasteiger partial charge in [0.25, 0.3) is 11.8 Å². The minimum absolute atomic E-state index is 0.0458. The first kappa shape index (κ1) is 29.6. The van der Waals surface area contributed by atoms with Gasteiger partial charge in [0, 0.05) is 25.4 Å². The van der Waals surface area contributed by atoms with E-state index in [0.29, 0.717) is 30.8 Å². The number of hydrogen-bond donors (Lipinski definition) is 2. The van der Waals surface area contributed by atoms with E-state index in [1.165, 1.54) is 4.31 Å². The zero-order chi connectivity index (χ0) is 29.4. The van der Waals surface area contributed by atoms with E-state index in [4.69, 9.17) is 4.99 Å². The van der Waals surface area contributed by atoms with Gasteiger partial charge in [-0.05, 0) is 87.5 Å². The Hall–Kier alpha value is -2.93. The van der Waals surface area contributed by atoms with Crippen LogP contribution in [0.3, 0.4) is 0 Å². The number of carbonyl (C=O) groups excluding carboxylic acids is 3. The van der Waals surface area contributed by atoms with E-state index in [0.717, 1.165) is 41.7 Å². The normalized spacial score (nSPS) is 25.1. The van der Waals surface area contributed by atoms with Crippen LogP contribution in [0.5, 0.6) is 0 Å². The van der Waals surface area contributed by atoms with Crippen LogP contribution in [0.1, 0.15) is 62.5 Å². The molecule has 3 aliphatic heterocycles. The third kappa shape index (κ3) is 6.30. The van der Waals surface area contributed by atoms with Crippen LogP contribution in [0, 0.1) is 18.8 Å². The Morgan fingerprint density at radius 2 is 1.80 bits per heavy atom. The molecule has 1 spiro atoms. The SMILES string of the molecule is Cc1cc(N2C(=O)CNC2=O)ccc1CCS(=O)(=O)N1CCC2(CC1)N=C(C1CCC(CCC(F)F)CC1)NC2=O. The number of aliphatic imine (C=N–C) groups is 1. The first-order valence-electron chi connectivity index (χ1n) is 14.3. The van der Waals surface area contributed by atoms with Gasteiger partial charge in [0.05, 0.1) is 18.0 Å². The molecule has 3 fully saturated rings. The molecular weight excluding hydrogens is 556 g/mol. The number of urea groups is 1. The summed E-state index contributed by atoms with van der Waals surface area (Å²) in [6, 6.07) is 4.62. The van der Waals surface area contributed by atoms with Gasteiger partial charge in [-0.2, -0.15) is 0 Å². The number of aryl methyl sites for hydroxylation is 2. The third-order valence-corrected chi connectivity index (χ3v) is 10.9. The molecule has 10 nitrogen and oxygen atoms in total. The zero-order valence-corrected chi connectivity index (χ0v) is 24.0. The molecule has 3 heterocycles. The van der Waals surface area contributed by atoms with Crippen LogP contribution in [-0.2, 0) is 26.0 Å². The number of piperidine rings is 1. The number of benzene rings is 1. The summed E-state index contributed by atoms with van der Waals surface area (Å²) in [4.78, 5) is 42.8. The van der Waals surface area contributed by atoms with Crippen molar-refractivity contribution in [1.29, 1.82) is 0 Å². The van der Waals surface area contributed by atoms with Gasteiger partial charge in [0.1, 0.15) is 11.4 Å². The van der Waals surface area contributed by atoms with Gasteiger partial charge in [-0.15, -0.1) is 0 Å². The summed E-state index contributed by atoms with van der Waals surface area (Å²) in [6.45, 7) is 2.18. The van der Waals surface area contributed by atoms with Crippen molar-refractivity contribution in [2.75, 3.05) is 30.3 Å². The van der Waals surface area contributed by atoms with Gasteiger partial charge in [-0.1, -0.05) is 6.07 Å². The Balaban J connectivity index is 1.15. The highest BCUT2D eigenvalue weighted by Crippen LogP contribution is 2.37. The molecule has 1 aromatic rings. The van der Waals surface area contributed by atoms with Gasteiger partial charge in [0.2, 0.25) is 16.4 Å². The second-order valence-corrected chi connectivity index (χ2v) is 13.7. The zero-order valence-electron chi connectivity index (χ0n) is 23.2. The molecule has 2 N–H and O–H groups in total. The number of sulfonamides is 1. The number of halogens is 2. The van der Waals surface area contributed by atoms with Gasteiger partial charge in [-0.25, -0.2) is 31.2 Å². The maximum Gasteiger partial charge on any atom is 0.329 e. The van der Waals surface area contributed by atoms with E-state index in [9.17, 15) is 31.6 Å². The number of nitrogens with zero attached hydrogens (tertiary/aromatic N) is 3. The highest BCUT2D eigenvalue weighted by molar-refractivity contribution is 7.89. The molecule has 4 amide bonds. The lowest BCUT2D eigenvalue weighted by Crippen LogP contribution is -2.51. The fourth-order valence-corrected chi connectivity index (χ4v) is 7.92. The molecule has 224 valence electrons. The quantitative estimate of drug-likeness (QED) is 0.425. The van der Waals surface area contributed by atoms with Crippen LogP contribution in [0.4, 0.5) is 19.3 Å². The molecule has 0 bridgehead atoms. The summed E-state index contributed by atoms with van der Waals surface area (Å²) < 4.78 is 52.9. The average Bonchev–Trinajstić information content (AvgIpc) is 3.44. The van der Waals surface area contributed by atoms with Crippen molar-refractivity contribution in [3.8, 4) is 0 Å². The van der Waals surface area contributed by atoms with Gasteiger partial charge in [-0.3, -0.25) is 14.6 Å². The van der Waals surface area contributed by atoms with E-state index in [1.54, 1.807) is 18.2 Å². The maximum absolute atomic E-state index is 13.2. The van der Waals surface area contributed by atoms with Gasteiger partial charge >= 0.3 is 6.03 Å². The van der Waals surface area contributed by atoms with E-state index in [1.807, 2.05) is 6.92 Å². The number of imide groups is 1. The molecule has 4 aliphatic rings. The lowest BCUT2D eigenvalue weighted by atomic mass is 9.79. The lowest BCUT2D eigenvalue weighted by molar-refractivity contribution is -0.125. The number of amidine groups is 1. The summed E-state index contributed by atoms with van der Waals surface area (Å²) in [7, 11) is -3.59. The van der Waals surface area contributed by atoms with Crippen molar-refractivity contribution >= 4 is 39.4 Å². The Morgan fingerprint density at radius 3 is 2.41 bits per heavy atom. The smallest absolute Gasteiger partial charge is 0.328 e. The van der Waals surface area contributed by atoms with Crippen LogP contribution in [0.25, 0.3) is 0 Å². The van der Waals surface area contributed by atoms with Gasteiger partial charge in [0.15, 0.2) is 0 Å². The topological polar surface area (TPSA) is 128 Å². The molecular formula is C28H37F2N5O5S. The number of amides is 4. The van der Waals surface area contributed by atoms with Crippen molar-refractivity contribution in [2.45, 2.75) is 76.7 Å². The number of nitrogens with one attached hydrogen (secondary N) is 2. The van der Waals surface area contributed by atoms with Crippen molar-refractivity contribution in [2.24, 2.45) is 16.8 Å². The Bertz CT molecular complexity index is 1320. The van der Waals surface area contributed by atoms with Gasteiger partial charge < -0.3 is 10.6 Å². The molecule has 2 saturated heterocycles. The van der Waals surface area contributed by atoms with Crippen LogP contribution in [-0.4, -0.2) is 73.8 Å². The Morgan fingerprint density at radius 1 is 1.10 bits per heavy atom. The first-order chi connectivity index (χ1) is 19.5. The van der Waals surface area contributed by atoms with Crippen LogP contribution >= 0.6 is 0 Å². The highest BCUT2D eigenvalue weighted by atomic mass is 32.2. The molecule has 41 heavy (non-hydrogen) atoms. The molecule has 0 unspecified atom stereocenters. The largest absolute Gasteiger partial charge is 0.329 e. The van der Waals surface area contributed by atoms with Crippen molar-refractivity contribution < 1.29 is 31.6 Å². The molecule has 0 aromatic heterocycles. The number of anilines is 1. The predicted octanol–water partition coefficient (Wildman–Crippen LogP) is 3.14. The minimum Gasteiger partial charge on any atom is -0.328 e. The molecule has 5 rings (SSSR count).